The molecule has 0 N–H and O–H groups in total. The fourth-order valence-electron chi connectivity index (χ4n) is 3.17. The molecule has 4 rings (SSSR count). The van der Waals surface area contributed by atoms with Crippen molar-refractivity contribution in [1.29, 1.82) is 10.5 Å². The van der Waals surface area contributed by atoms with Gasteiger partial charge in [-0.1, -0.05) is 6.57 Å². The fraction of sp³-hybridized carbons (Fsp3) is 0.130. The molecule has 0 unspecified atom stereocenters. The highest BCUT2D eigenvalue weighted by molar-refractivity contribution is 5.53. The molecule has 0 fully saturated rings. The molecule has 0 bridgehead atoms. The lowest BCUT2D eigenvalue weighted by molar-refractivity contribution is 0.588. The molecule has 0 aromatic carbocycles. The van der Waals surface area contributed by atoms with Gasteiger partial charge in [0, 0.05) is 29.6 Å². The highest BCUT2D eigenvalue weighted by atomic mass is 15.3. The maximum Gasteiger partial charge on any atom is 0.295 e. The molecule has 4 heterocycles. The third-order valence-electron chi connectivity index (χ3n) is 5.01. The van der Waals surface area contributed by atoms with Crippen LogP contribution in [-0.2, 0) is 5.41 Å². The summed E-state index contributed by atoms with van der Waals surface area (Å²) in [6.07, 6.45) is 3.21. The van der Waals surface area contributed by atoms with Gasteiger partial charge in [-0.3, -0.25) is 0 Å². The normalized spacial score (nSPS) is 10.6. The minimum Gasteiger partial charge on any atom is -0.359 e. The first-order valence-corrected chi connectivity index (χ1v) is 9.60. The Morgan fingerprint density at radius 3 is 2.12 bits per heavy atom. The first kappa shape index (κ1) is 20.9. The van der Waals surface area contributed by atoms with Crippen molar-refractivity contribution in [2.75, 3.05) is 0 Å². The van der Waals surface area contributed by atoms with Gasteiger partial charge in [-0.15, -0.1) is 4.68 Å². The van der Waals surface area contributed by atoms with Gasteiger partial charge in [0.25, 0.3) is 5.82 Å². The van der Waals surface area contributed by atoms with E-state index in [1.54, 1.807) is 48.8 Å². The maximum absolute atomic E-state index is 9.57. The maximum atomic E-state index is 9.57. The van der Waals surface area contributed by atoms with E-state index in [1.165, 1.54) is 9.36 Å². The Balaban J connectivity index is 1.86. The predicted octanol–water partition coefficient (Wildman–Crippen LogP) is 4.02. The summed E-state index contributed by atoms with van der Waals surface area (Å²) in [4.78, 5) is 16.2. The molecule has 0 saturated carbocycles. The minimum absolute atomic E-state index is 0.217. The minimum atomic E-state index is -0.807. The lowest BCUT2D eigenvalue weighted by Crippen LogP contribution is -2.24. The van der Waals surface area contributed by atoms with Crippen molar-refractivity contribution < 1.29 is 0 Å². The van der Waals surface area contributed by atoms with E-state index in [-0.39, 0.29) is 11.5 Å². The van der Waals surface area contributed by atoms with Gasteiger partial charge in [0.05, 0.1) is 23.9 Å². The molecular formula is C23H14N10. The molecule has 4 aromatic rings. The van der Waals surface area contributed by atoms with Crippen LogP contribution in [0.1, 0.15) is 36.5 Å². The van der Waals surface area contributed by atoms with Crippen molar-refractivity contribution in [2.45, 2.75) is 19.3 Å². The van der Waals surface area contributed by atoms with Gasteiger partial charge in [-0.25, -0.2) is 19.5 Å². The van der Waals surface area contributed by atoms with Gasteiger partial charge in [0.1, 0.15) is 6.07 Å². The van der Waals surface area contributed by atoms with Gasteiger partial charge in [0.2, 0.25) is 0 Å². The third-order valence-corrected chi connectivity index (χ3v) is 5.01. The van der Waals surface area contributed by atoms with Gasteiger partial charge in [0.15, 0.2) is 23.0 Å². The Hall–Kier alpha value is -5.32. The molecule has 0 radical (unpaired) electrons. The monoisotopic (exact) mass is 430 g/mol. The van der Waals surface area contributed by atoms with Crippen molar-refractivity contribution in [1.82, 2.24) is 29.5 Å². The van der Waals surface area contributed by atoms with Crippen LogP contribution in [0.5, 0.6) is 0 Å². The van der Waals surface area contributed by atoms with Crippen LogP contribution in [0.25, 0.3) is 21.3 Å². The van der Waals surface area contributed by atoms with Gasteiger partial charge in [-0.2, -0.15) is 15.6 Å². The zero-order chi connectivity index (χ0) is 23.6. The molecule has 33 heavy (non-hydrogen) atoms. The quantitative estimate of drug-likeness (QED) is 0.451. The smallest absolute Gasteiger partial charge is 0.295 e. The zero-order valence-corrected chi connectivity index (χ0v) is 17.6. The zero-order valence-electron chi connectivity index (χ0n) is 17.6. The van der Waals surface area contributed by atoms with Crippen LogP contribution in [0.2, 0.25) is 0 Å². The van der Waals surface area contributed by atoms with Crippen LogP contribution in [0.4, 0.5) is 11.5 Å². The average Bonchev–Trinajstić information content (AvgIpc) is 3.53. The second-order valence-electron chi connectivity index (χ2n) is 7.50. The summed E-state index contributed by atoms with van der Waals surface area (Å²) in [5.41, 5.74) is 1.22. The van der Waals surface area contributed by atoms with E-state index >= 15 is 0 Å². The van der Waals surface area contributed by atoms with Gasteiger partial charge >= 0.3 is 0 Å². The Bertz CT molecular complexity index is 1430. The van der Waals surface area contributed by atoms with Crippen LogP contribution in [0.15, 0.2) is 48.8 Å². The number of rotatable bonds is 4. The van der Waals surface area contributed by atoms with E-state index in [9.17, 15) is 5.26 Å². The van der Waals surface area contributed by atoms with Crippen molar-refractivity contribution in [2.24, 2.45) is 0 Å². The largest absolute Gasteiger partial charge is 0.359 e. The Labute approximate surface area is 189 Å². The molecule has 0 aliphatic heterocycles. The Kier molecular flexibility index (Phi) is 5.12. The first-order chi connectivity index (χ1) is 15.9. The number of nitriles is 2. The number of hydrogen-bond acceptors (Lipinski definition) is 6. The molecular weight excluding hydrogens is 416 g/mol. The Morgan fingerprint density at radius 1 is 0.848 bits per heavy atom. The average molecular weight is 430 g/mol. The lowest BCUT2D eigenvalue weighted by atomic mass is 9.84. The molecule has 0 atom stereocenters. The van der Waals surface area contributed by atoms with Crippen molar-refractivity contribution in [3.05, 3.63) is 94.3 Å². The van der Waals surface area contributed by atoms with E-state index in [1.807, 2.05) is 19.9 Å². The van der Waals surface area contributed by atoms with E-state index in [2.05, 4.69) is 35.9 Å². The SMILES string of the molecule is [C-]#[N+]c1cc(-n2ccc([N+]#[C-])n2)nc(C(C)(C)c2cc(C#N)cc(-n3ccc(C#N)n3)n2)c1. The van der Waals surface area contributed by atoms with E-state index in [4.69, 9.17) is 18.4 Å². The van der Waals surface area contributed by atoms with E-state index < -0.39 is 5.41 Å². The second-order valence-corrected chi connectivity index (χ2v) is 7.50. The number of pyridine rings is 2. The summed E-state index contributed by atoms with van der Waals surface area (Å²) in [7, 11) is 0. The highest BCUT2D eigenvalue weighted by Crippen LogP contribution is 2.33. The highest BCUT2D eigenvalue weighted by Gasteiger charge is 2.29. The van der Waals surface area contributed by atoms with Crippen LogP contribution >= 0.6 is 0 Å². The molecule has 156 valence electrons. The van der Waals surface area contributed by atoms with Crippen molar-refractivity contribution in [3.8, 4) is 23.8 Å². The second kappa shape index (κ2) is 8.07. The summed E-state index contributed by atoms with van der Waals surface area (Å²) in [5, 5.41) is 27.0. The standard InChI is InChI=1S/C23H14N10/c1-23(2,18-9-15(13-24)10-21(28-18)32-7-5-16(14-25)30-32)19-11-17(26-3)12-22(29-19)33-8-6-20(27-4)31-33/h5-12H,1-2H3. The van der Waals surface area contributed by atoms with Crippen molar-refractivity contribution >= 4 is 11.5 Å². The summed E-state index contributed by atoms with van der Waals surface area (Å²) >= 11 is 0. The van der Waals surface area contributed by atoms with Crippen LogP contribution in [-0.4, -0.2) is 29.5 Å². The van der Waals surface area contributed by atoms with E-state index in [0.29, 0.717) is 34.3 Å². The predicted molar refractivity (Wildman–Crippen MR) is 117 cm³/mol. The topological polar surface area (TPSA) is 118 Å². The van der Waals surface area contributed by atoms with Gasteiger partial charge in [-0.05, 0) is 49.3 Å². The fourth-order valence-corrected chi connectivity index (χ4v) is 3.17. The first-order valence-electron chi connectivity index (χ1n) is 9.60. The summed E-state index contributed by atoms with van der Waals surface area (Å²) in [5.74, 6) is 0.993. The number of aromatic nitrogens is 6. The third kappa shape index (κ3) is 3.88. The summed E-state index contributed by atoms with van der Waals surface area (Å²) < 4.78 is 2.88. The molecule has 0 amide bonds. The number of hydrogen-bond donors (Lipinski definition) is 0. The van der Waals surface area contributed by atoms with Crippen molar-refractivity contribution in [3.63, 3.8) is 0 Å². The molecule has 0 aliphatic carbocycles. The molecule has 4 aromatic heterocycles. The van der Waals surface area contributed by atoms with Crippen LogP contribution < -0.4 is 0 Å². The van der Waals surface area contributed by atoms with Gasteiger partial charge < -0.3 is 4.85 Å². The van der Waals surface area contributed by atoms with E-state index in [0.717, 1.165) is 0 Å². The van der Waals surface area contributed by atoms with Crippen LogP contribution in [0, 0.1) is 35.8 Å². The molecule has 0 aliphatic rings. The van der Waals surface area contributed by atoms with Crippen LogP contribution in [0.3, 0.4) is 0 Å². The molecule has 0 saturated heterocycles. The summed E-state index contributed by atoms with van der Waals surface area (Å²) in [6.45, 7) is 18.4. The molecule has 10 heteroatoms. The lowest BCUT2D eigenvalue weighted by Gasteiger charge is -2.25. The molecule has 0 spiro atoms. The number of nitrogens with zero attached hydrogens (tertiary/aromatic N) is 10. The Morgan fingerprint density at radius 2 is 1.52 bits per heavy atom. The summed E-state index contributed by atoms with van der Waals surface area (Å²) in [6, 6.07) is 13.7. The molecule has 10 nitrogen and oxygen atoms in total.